The average molecular weight is 215 g/mol. The lowest BCUT2D eigenvalue weighted by molar-refractivity contribution is 0.961. The highest BCUT2D eigenvalue weighted by atomic mass is 15.1. The molecule has 2 aromatic heterocycles. The highest BCUT2D eigenvalue weighted by Crippen LogP contribution is 2.27. The van der Waals surface area contributed by atoms with E-state index in [2.05, 4.69) is 9.97 Å². The Morgan fingerprint density at radius 2 is 2.38 bits per heavy atom. The van der Waals surface area contributed by atoms with E-state index in [1.807, 2.05) is 19.1 Å². The van der Waals surface area contributed by atoms with Crippen LogP contribution in [-0.4, -0.2) is 14.5 Å². The molecule has 0 atom stereocenters. The van der Waals surface area contributed by atoms with Crippen molar-refractivity contribution >= 4 is 27.9 Å². The molecule has 0 unspecified atom stereocenters. The third-order valence-corrected chi connectivity index (χ3v) is 2.72. The van der Waals surface area contributed by atoms with Crippen LogP contribution in [0.15, 0.2) is 24.4 Å². The van der Waals surface area contributed by atoms with Gasteiger partial charge in [-0.25, -0.2) is 4.98 Å². The van der Waals surface area contributed by atoms with Crippen LogP contribution in [0.4, 0.5) is 5.95 Å². The molecule has 2 N–H and O–H groups in total. The normalized spacial score (nSPS) is 14.9. The lowest BCUT2D eigenvalue weighted by atomic mass is 10.1. The maximum atomic E-state index is 7.58. The second-order valence-electron chi connectivity index (χ2n) is 3.77. The van der Waals surface area contributed by atoms with E-state index in [0.717, 1.165) is 21.0 Å². The van der Waals surface area contributed by atoms with Crippen LogP contribution in [0.3, 0.4) is 0 Å². The molecule has 3 rings (SSSR count). The molecule has 16 heavy (non-hydrogen) atoms. The number of nitrogens with zero attached hydrogens (tertiary/aromatic N) is 3. The Bertz CT molecular complexity index is 789. The largest absolute Gasteiger partial charge is 0.369 e. The van der Waals surface area contributed by atoms with Gasteiger partial charge < -0.3 is 10.3 Å². The molecule has 2 heterocycles. The number of aromatic nitrogens is 3. The highest BCUT2D eigenvalue weighted by Gasteiger charge is 2.11. The third-order valence-electron chi connectivity index (χ3n) is 2.72. The van der Waals surface area contributed by atoms with Crippen LogP contribution >= 0.6 is 0 Å². The van der Waals surface area contributed by atoms with Gasteiger partial charge in [-0.05, 0) is 30.7 Å². The van der Waals surface area contributed by atoms with Gasteiger partial charge in [-0.2, -0.15) is 0 Å². The number of nitrogens with two attached hydrogens (primary N) is 1. The van der Waals surface area contributed by atoms with Crippen molar-refractivity contribution in [2.24, 2.45) is 6.98 Å². The molecular weight excluding hydrogens is 200 g/mol. The van der Waals surface area contributed by atoms with Crippen molar-refractivity contribution in [3.63, 3.8) is 0 Å². The zero-order valence-electron chi connectivity index (χ0n) is 11.7. The van der Waals surface area contributed by atoms with E-state index in [4.69, 9.17) is 9.85 Å². The van der Waals surface area contributed by atoms with Crippen LogP contribution in [-0.2, 0) is 6.98 Å². The second-order valence-corrected chi connectivity index (χ2v) is 3.77. The molecule has 0 bridgehead atoms. The Labute approximate surface area is 96.9 Å². The lowest BCUT2D eigenvalue weighted by Gasteiger charge is -2.03. The number of anilines is 1. The predicted molar refractivity (Wildman–Crippen MR) is 65.2 cm³/mol. The predicted octanol–water partition coefficient (Wildman–Crippen LogP) is 2.01. The first-order chi connectivity index (χ1) is 8.89. The molecule has 0 saturated heterocycles. The monoisotopic (exact) mass is 215 g/mol. The van der Waals surface area contributed by atoms with Gasteiger partial charge in [0.25, 0.3) is 0 Å². The van der Waals surface area contributed by atoms with Crippen LogP contribution in [0, 0.1) is 6.92 Å². The first kappa shape index (κ1) is 6.48. The number of rotatable bonds is 0. The fourth-order valence-corrected chi connectivity index (χ4v) is 2.00. The zero-order valence-corrected chi connectivity index (χ0v) is 8.73. The van der Waals surface area contributed by atoms with Crippen molar-refractivity contribution in [3.8, 4) is 0 Å². The van der Waals surface area contributed by atoms with E-state index in [1.54, 1.807) is 12.3 Å². The molecule has 0 radical (unpaired) electrons. The second kappa shape index (κ2) is 2.95. The Hall–Kier alpha value is -2.10. The third kappa shape index (κ3) is 1.04. The summed E-state index contributed by atoms with van der Waals surface area (Å²) in [5.74, 6) is -0.00514. The summed E-state index contributed by atoms with van der Waals surface area (Å²) >= 11 is 0. The summed E-state index contributed by atoms with van der Waals surface area (Å²) in [5.41, 5.74) is 8.46. The van der Waals surface area contributed by atoms with Crippen molar-refractivity contribution in [2.75, 3.05) is 5.73 Å². The molecule has 0 saturated carbocycles. The minimum atomic E-state index is -2.35. The molecule has 0 aliphatic carbocycles. The van der Waals surface area contributed by atoms with Crippen LogP contribution in [0.5, 0.6) is 0 Å². The first-order valence-electron chi connectivity index (χ1n) is 6.42. The molecule has 0 aliphatic rings. The summed E-state index contributed by atoms with van der Waals surface area (Å²) in [6, 6.07) is 5.50. The van der Waals surface area contributed by atoms with Crippen molar-refractivity contribution in [2.45, 2.75) is 6.92 Å². The molecule has 0 fully saturated rings. The molecule has 4 heteroatoms. The van der Waals surface area contributed by atoms with Gasteiger partial charge in [0.2, 0.25) is 5.95 Å². The SMILES string of the molecule is [2H]C([2H])([2H])n1c(N)nc2c3cccnc3cc(C)c21. The molecule has 0 amide bonds. The maximum Gasteiger partial charge on any atom is 0.200 e. The van der Waals surface area contributed by atoms with Crippen molar-refractivity contribution in [1.82, 2.24) is 14.5 Å². The van der Waals surface area contributed by atoms with Crippen molar-refractivity contribution < 1.29 is 4.11 Å². The number of aryl methyl sites for hydroxylation is 2. The molecule has 0 spiro atoms. The summed E-state index contributed by atoms with van der Waals surface area (Å²) in [5, 5.41) is 0.804. The number of imidazole rings is 1. The number of hydrogen-bond donors (Lipinski definition) is 1. The number of pyridine rings is 1. The van der Waals surface area contributed by atoms with Gasteiger partial charge in [-0.1, -0.05) is 0 Å². The summed E-state index contributed by atoms with van der Waals surface area (Å²) < 4.78 is 23.8. The van der Waals surface area contributed by atoms with E-state index in [9.17, 15) is 0 Å². The lowest BCUT2D eigenvalue weighted by Crippen LogP contribution is -1.97. The standard InChI is InChI=1S/C12H12N4/c1-7-6-9-8(4-3-5-14-9)10-11(7)16(2)12(13)15-10/h3-6H,1-2H3,(H2,13,15)/i2D3. The van der Waals surface area contributed by atoms with E-state index in [-0.39, 0.29) is 5.95 Å². The van der Waals surface area contributed by atoms with E-state index in [0.29, 0.717) is 11.0 Å². The first-order valence-corrected chi connectivity index (χ1v) is 4.92. The Morgan fingerprint density at radius 3 is 3.19 bits per heavy atom. The maximum absolute atomic E-state index is 7.58. The van der Waals surface area contributed by atoms with Crippen LogP contribution in [0.25, 0.3) is 21.9 Å². The van der Waals surface area contributed by atoms with Gasteiger partial charge in [0.1, 0.15) is 5.52 Å². The summed E-state index contributed by atoms with van der Waals surface area (Å²) in [7, 11) is 0. The number of benzene rings is 1. The Morgan fingerprint density at radius 1 is 1.50 bits per heavy atom. The van der Waals surface area contributed by atoms with E-state index in [1.165, 1.54) is 0 Å². The zero-order chi connectivity index (χ0) is 13.8. The fraction of sp³-hybridized carbons (Fsp3) is 0.167. The van der Waals surface area contributed by atoms with Gasteiger partial charge in [0.15, 0.2) is 0 Å². The van der Waals surface area contributed by atoms with Gasteiger partial charge in [0.05, 0.1) is 11.0 Å². The van der Waals surface area contributed by atoms with E-state index < -0.39 is 6.98 Å². The summed E-state index contributed by atoms with van der Waals surface area (Å²) in [6.45, 7) is -0.515. The average Bonchev–Trinajstić information content (AvgIpc) is 2.67. The van der Waals surface area contributed by atoms with Gasteiger partial charge >= 0.3 is 0 Å². The molecule has 0 aliphatic heterocycles. The Kier molecular flexibility index (Phi) is 1.19. The summed E-state index contributed by atoms with van der Waals surface area (Å²) in [4.78, 5) is 8.47. The van der Waals surface area contributed by atoms with Gasteiger partial charge in [-0.15, -0.1) is 0 Å². The minimum Gasteiger partial charge on any atom is -0.369 e. The van der Waals surface area contributed by atoms with Crippen molar-refractivity contribution in [1.29, 1.82) is 0 Å². The molecule has 4 nitrogen and oxygen atoms in total. The minimum absolute atomic E-state index is 0.00514. The quantitative estimate of drug-likeness (QED) is 0.624. The van der Waals surface area contributed by atoms with Gasteiger partial charge in [0, 0.05) is 22.7 Å². The van der Waals surface area contributed by atoms with Crippen molar-refractivity contribution in [3.05, 3.63) is 30.0 Å². The van der Waals surface area contributed by atoms with Crippen LogP contribution in [0.1, 0.15) is 9.68 Å². The summed E-state index contributed by atoms with van der Waals surface area (Å²) in [6.07, 6.45) is 1.69. The molecule has 3 aromatic rings. The smallest absolute Gasteiger partial charge is 0.200 e. The molecular formula is C12H12N4. The van der Waals surface area contributed by atoms with Gasteiger partial charge in [-0.3, -0.25) is 4.98 Å². The highest BCUT2D eigenvalue weighted by molar-refractivity contribution is 6.04. The number of hydrogen-bond acceptors (Lipinski definition) is 3. The number of nitrogen functional groups attached to an aromatic ring is 1. The number of fused-ring (bicyclic) bond motifs is 3. The topological polar surface area (TPSA) is 56.7 Å². The van der Waals surface area contributed by atoms with E-state index >= 15 is 0 Å². The molecule has 80 valence electrons. The molecule has 1 aromatic carbocycles. The van der Waals surface area contributed by atoms with Crippen LogP contribution < -0.4 is 5.73 Å². The van der Waals surface area contributed by atoms with Crippen LogP contribution in [0.2, 0.25) is 0 Å². The Balaban J connectivity index is 2.56. The fourth-order valence-electron chi connectivity index (χ4n) is 2.00.